The first kappa shape index (κ1) is 8.60. The Hall–Kier alpha value is -0.500. The van der Waals surface area contributed by atoms with Crippen LogP contribution in [-0.2, 0) is 0 Å². The van der Waals surface area contributed by atoms with Crippen LogP contribution >= 0.6 is 11.6 Å². The maximum atomic E-state index is 6.00. The molecule has 0 amide bonds. The minimum Gasteiger partial charge on any atom is -0.447 e. The number of hydrogen-bond donors (Lipinski definition) is 0. The lowest BCUT2D eigenvalue weighted by Crippen LogP contribution is -1.99. The normalized spacial score (nSPS) is 13.9. The molecule has 1 aromatic heterocycles. The van der Waals surface area contributed by atoms with Gasteiger partial charge in [0.05, 0.1) is 5.69 Å². The van der Waals surface area contributed by atoms with Crippen molar-refractivity contribution < 1.29 is 4.42 Å². The molecular weight excluding hydrogens is 162 g/mol. The van der Waals surface area contributed by atoms with E-state index in [1.807, 2.05) is 20.8 Å². The molecule has 0 aliphatic carbocycles. The van der Waals surface area contributed by atoms with E-state index >= 15 is 0 Å². The summed E-state index contributed by atoms with van der Waals surface area (Å²) in [7, 11) is 0. The molecule has 0 aliphatic heterocycles. The summed E-state index contributed by atoms with van der Waals surface area (Å²) in [5, 5.41) is -0.108. The van der Waals surface area contributed by atoms with E-state index in [1.165, 1.54) is 0 Å². The molecule has 0 aromatic carbocycles. The first-order chi connectivity index (χ1) is 5.11. The summed E-state index contributed by atoms with van der Waals surface area (Å²) in [4.78, 5) is 4.13. The fourth-order valence-electron chi connectivity index (χ4n) is 0.784. The van der Waals surface area contributed by atoms with Crippen molar-refractivity contribution in [1.29, 1.82) is 0 Å². The van der Waals surface area contributed by atoms with E-state index in [0.717, 1.165) is 5.69 Å². The van der Waals surface area contributed by atoms with Crippen LogP contribution in [0.2, 0.25) is 0 Å². The third kappa shape index (κ3) is 1.96. The van der Waals surface area contributed by atoms with Crippen LogP contribution in [0, 0.1) is 12.8 Å². The van der Waals surface area contributed by atoms with Crippen LogP contribution < -0.4 is 0 Å². The van der Waals surface area contributed by atoms with Crippen molar-refractivity contribution in [2.45, 2.75) is 26.1 Å². The van der Waals surface area contributed by atoms with Gasteiger partial charge in [-0.15, -0.1) is 11.6 Å². The van der Waals surface area contributed by atoms with Crippen molar-refractivity contribution >= 4 is 11.6 Å². The molecule has 0 bridgehead atoms. The van der Waals surface area contributed by atoms with E-state index in [1.54, 1.807) is 6.26 Å². The summed E-state index contributed by atoms with van der Waals surface area (Å²) < 4.78 is 5.14. The molecule has 1 rings (SSSR count). The van der Waals surface area contributed by atoms with Crippen LogP contribution in [0.3, 0.4) is 0 Å². The maximum absolute atomic E-state index is 6.00. The van der Waals surface area contributed by atoms with Crippen LogP contribution in [0.5, 0.6) is 0 Å². The van der Waals surface area contributed by atoms with Gasteiger partial charge in [0.25, 0.3) is 0 Å². The van der Waals surface area contributed by atoms with Crippen LogP contribution in [-0.4, -0.2) is 4.98 Å². The number of nitrogens with zero attached hydrogens (tertiary/aromatic N) is 1. The zero-order valence-corrected chi connectivity index (χ0v) is 7.72. The van der Waals surface area contributed by atoms with Crippen LogP contribution in [0.25, 0.3) is 0 Å². The topological polar surface area (TPSA) is 26.0 Å². The predicted octanol–water partition coefficient (Wildman–Crippen LogP) is 2.92. The second-order valence-electron chi connectivity index (χ2n) is 2.97. The third-order valence-electron chi connectivity index (χ3n) is 1.46. The van der Waals surface area contributed by atoms with E-state index in [4.69, 9.17) is 16.0 Å². The Labute approximate surface area is 71.6 Å². The van der Waals surface area contributed by atoms with E-state index in [0.29, 0.717) is 11.8 Å². The average Bonchev–Trinajstić information content (AvgIpc) is 2.34. The predicted molar refractivity (Wildman–Crippen MR) is 44.7 cm³/mol. The molecule has 2 nitrogen and oxygen atoms in total. The Bertz CT molecular complexity index is 232. The van der Waals surface area contributed by atoms with Gasteiger partial charge in [-0.1, -0.05) is 13.8 Å². The van der Waals surface area contributed by atoms with Crippen LogP contribution in [0.15, 0.2) is 10.7 Å². The van der Waals surface area contributed by atoms with Gasteiger partial charge in [-0.2, -0.15) is 0 Å². The second-order valence-corrected chi connectivity index (χ2v) is 3.44. The molecule has 0 fully saturated rings. The molecule has 1 aromatic rings. The molecule has 1 heterocycles. The third-order valence-corrected chi connectivity index (χ3v) is 2.15. The highest BCUT2D eigenvalue weighted by Gasteiger charge is 2.16. The molecule has 3 heteroatoms. The van der Waals surface area contributed by atoms with Gasteiger partial charge in [-0.05, 0) is 12.8 Å². The Balaban J connectivity index is 2.76. The van der Waals surface area contributed by atoms with Crippen LogP contribution in [0.4, 0.5) is 0 Å². The lowest BCUT2D eigenvalue weighted by molar-refractivity contribution is 0.446. The molecule has 0 saturated heterocycles. The van der Waals surface area contributed by atoms with E-state index in [2.05, 4.69) is 4.98 Å². The van der Waals surface area contributed by atoms with Gasteiger partial charge in [0, 0.05) is 0 Å². The second kappa shape index (κ2) is 3.26. The SMILES string of the molecule is Cc1coc(C(Cl)C(C)C)n1. The van der Waals surface area contributed by atoms with Gasteiger partial charge < -0.3 is 4.42 Å². The highest BCUT2D eigenvalue weighted by molar-refractivity contribution is 6.20. The van der Waals surface area contributed by atoms with Crippen molar-refractivity contribution in [2.75, 3.05) is 0 Å². The van der Waals surface area contributed by atoms with Crippen molar-refractivity contribution in [3.8, 4) is 0 Å². The average molecular weight is 174 g/mol. The van der Waals surface area contributed by atoms with Crippen molar-refractivity contribution in [3.05, 3.63) is 17.8 Å². The molecule has 1 unspecified atom stereocenters. The minimum atomic E-state index is -0.108. The van der Waals surface area contributed by atoms with Gasteiger partial charge in [0.2, 0.25) is 5.89 Å². The fourth-order valence-corrected chi connectivity index (χ4v) is 0.884. The summed E-state index contributed by atoms with van der Waals surface area (Å²) in [6, 6.07) is 0. The van der Waals surface area contributed by atoms with Gasteiger partial charge in [0.1, 0.15) is 11.6 Å². The summed E-state index contributed by atoms with van der Waals surface area (Å²) in [6.45, 7) is 5.96. The van der Waals surface area contributed by atoms with Gasteiger partial charge >= 0.3 is 0 Å². The first-order valence-corrected chi connectivity index (χ1v) is 4.11. The highest BCUT2D eigenvalue weighted by Crippen LogP contribution is 2.27. The van der Waals surface area contributed by atoms with Crippen molar-refractivity contribution in [2.24, 2.45) is 5.92 Å². The Kier molecular flexibility index (Phi) is 2.55. The number of alkyl halides is 1. The van der Waals surface area contributed by atoms with Crippen molar-refractivity contribution in [1.82, 2.24) is 4.98 Å². The minimum absolute atomic E-state index is 0.108. The number of aryl methyl sites for hydroxylation is 1. The summed E-state index contributed by atoms with van der Waals surface area (Å²) in [5.74, 6) is 0.980. The molecule has 0 aliphatic rings. The Morgan fingerprint density at radius 1 is 1.55 bits per heavy atom. The molecule has 0 N–H and O–H groups in total. The monoisotopic (exact) mass is 173 g/mol. The number of aromatic nitrogens is 1. The first-order valence-electron chi connectivity index (χ1n) is 3.67. The van der Waals surface area contributed by atoms with E-state index < -0.39 is 0 Å². The maximum Gasteiger partial charge on any atom is 0.212 e. The summed E-state index contributed by atoms with van der Waals surface area (Å²) in [5.41, 5.74) is 0.881. The molecule has 0 saturated carbocycles. The van der Waals surface area contributed by atoms with Crippen LogP contribution in [0.1, 0.15) is 30.8 Å². The molecule has 1 atom stereocenters. The zero-order chi connectivity index (χ0) is 8.43. The Morgan fingerprint density at radius 3 is 2.55 bits per heavy atom. The zero-order valence-electron chi connectivity index (χ0n) is 6.97. The quantitative estimate of drug-likeness (QED) is 0.643. The molecule has 62 valence electrons. The fraction of sp³-hybridized carbons (Fsp3) is 0.625. The standard InChI is InChI=1S/C8H12ClNO/c1-5(2)7(9)8-10-6(3)4-11-8/h4-5,7H,1-3H3. The molecule has 11 heavy (non-hydrogen) atoms. The van der Waals surface area contributed by atoms with E-state index in [9.17, 15) is 0 Å². The van der Waals surface area contributed by atoms with E-state index in [-0.39, 0.29) is 5.38 Å². The van der Waals surface area contributed by atoms with Crippen molar-refractivity contribution in [3.63, 3.8) is 0 Å². The number of rotatable bonds is 2. The smallest absolute Gasteiger partial charge is 0.212 e. The summed E-state index contributed by atoms with van der Waals surface area (Å²) >= 11 is 6.00. The summed E-state index contributed by atoms with van der Waals surface area (Å²) in [6.07, 6.45) is 1.62. The lowest BCUT2D eigenvalue weighted by Gasteiger charge is -2.07. The number of oxazole rings is 1. The molecular formula is C8H12ClNO. The molecule has 0 spiro atoms. The number of halogens is 1. The Morgan fingerprint density at radius 2 is 2.18 bits per heavy atom. The van der Waals surface area contributed by atoms with Gasteiger partial charge in [-0.3, -0.25) is 0 Å². The highest BCUT2D eigenvalue weighted by atomic mass is 35.5. The van der Waals surface area contributed by atoms with Gasteiger partial charge in [0.15, 0.2) is 0 Å². The largest absolute Gasteiger partial charge is 0.447 e. The number of hydrogen-bond acceptors (Lipinski definition) is 2. The molecule has 0 radical (unpaired) electrons. The van der Waals surface area contributed by atoms with Gasteiger partial charge in [-0.25, -0.2) is 4.98 Å². The lowest BCUT2D eigenvalue weighted by atomic mass is 10.1.